The molecule has 1 N–H and O–H groups in total. The minimum absolute atomic E-state index is 0.770. The molecule has 12 heavy (non-hydrogen) atoms. The first-order chi connectivity index (χ1) is 5.74. The normalized spacial score (nSPS) is 10.8. The molecule has 0 radical (unpaired) electrons. The van der Waals surface area contributed by atoms with Crippen molar-refractivity contribution < 1.29 is 14.3 Å². The standard InChI is InChI=1S/C9H10O3/c1-2-8-7(5-6-12-8)3-4-9(10)11/h3-6H,2H2,1H3,(H,10,11)/b4-3+. The summed E-state index contributed by atoms with van der Waals surface area (Å²) in [6.45, 7) is 1.96. The zero-order valence-corrected chi connectivity index (χ0v) is 6.78. The monoisotopic (exact) mass is 166 g/mol. The average molecular weight is 166 g/mol. The van der Waals surface area contributed by atoms with Crippen molar-refractivity contribution >= 4 is 12.0 Å². The molecule has 0 aliphatic heterocycles. The molecule has 1 rings (SSSR count). The molecule has 0 aliphatic carbocycles. The first kappa shape index (κ1) is 8.59. The lowest BCUT2D eigenvalue weighted by Gasteiger charge is -1.90. The molecule has 0 fully saturated rings. The number of carbonyl (C=O) groups is 1. The van der Waals surface area contributed by atoms with E-state index in [1.807, 2.05) is 6.92 Å². The van der Waals surface area contributed by atoms with Gasteiger partial charge in [-0.15, -0.1) is 0 Å². The number of rotatable bonds is 3. The molecule has 0 aliphatic rings. The Bertz CT molecular complexity index is 296. The third-order valence-electron chi connectivity index (χ3n) is 1.51. The number of hydrogen-bond acceptors (Lipinski definition) is 2. The second kappa shape index (κ2) is 3.76. The highest BCUT2D eigenvalue weighted by Gasteiger charge is 1.99. The first-order valence-electron chi connectivity index (χ1n) is 3.71. The molecule has 0 bridgehead atoms. The predicted molar refractivity (Wildman–Crippen MR) is 44.8 cm³/mol. The molecular formula is C9H10O3. The lowest BCUT2D eigenvalue weighted by Crippen LogP contribution is -1.86. The Balaban J connectivity index is 2.81. The third kappa shape index (κ3) is 1.99. The molecular weight excluding hydrogens is 156 g/mol. The lowest BCUT2D eigenvalue weighted by molar-refractivity contribution is -0.131. The van der Waals surface area contributed by atoms with Gasteiger partial charge in [0, 0.05) is 18.1 Å². The van der Waals surface area contributed by atoms with E-state index in [0.29, 0.717) is 0 Å². The summed E-state index contributed by atoms with van der Waals surface area (Å²) in [7, 11) is 0. The van der Waals surface area contributed by atoms with Crippen LogP contribution in [0.15, 0.2) is 22.8 Å². The molecule has 0 saturated carbocycles. The van der Waals surface area contributed by atoms with Gasteiger partial charge < -0.3 is 9.52 Å². The highest BCUT2D eigenvalue weighted by molar-refractivity contribution is 5.85. The van der Waals surface area contributed by atoms with E-state index >= 15 is 0 Å². The Morgan fingerprint density at radius 3 is 3.08 bits per heavy atom. The van der Waals surface area contributed by atoms with Gasteiger partial charge in [-0.3, -0.25) is 0 Å². The lowest BCUT2D eigenvalue weighted by atomic mass is 10.2. The maximum Gasteiger partial charge on any atom is 0.328 e. The molecule has 3 nitrogen and oxygen atoms in total. The van der Waals surface area contributed by atoms with Crippen LogP contribution in [-0.4, -0.2) is 11.1 Å². The van der Waals surface area contributed by atoms with Crippen LogP contribution >= 0.6 is 0 Å². The van der Waals surface area contributed by atoms with Crippen LogP contribution in [0.25, 0.3) is 6.08 Å². The van der Waals surface area contributed by atoms with E-state index in [-0.39, 0.29) is 0 Å². The summed E-state index contributed by atoms with van der Waals surface area (Å²) in [4.78, 5) is 10.2. The molecule has 0 saturated heterocycles. The average Bonchev–Trinajstić information content (AvgIpc) is 2.47. The SMILES string of the molecule is CCc1occc1/C=C/C(=O)O. The van der Waals surface area contributed by atoms with Gasteiger partial charge in [-0.1, -0.05) is 6.92 Å². The molecule has 3 heteroatoms. The highest BCUT2D eigenvalue weighted by atomic mass is 16.4. The third-order valence-corrected chi connectivity index (χ3v) is 1.51. The zero-order chi connectivity index (χ0) is 8.97. The van der Waals surface area contributed by atoms with E-state index in [0.717, 1.165) is 23.8 Å². The van der Waals surface area contributed by atoms with Gasteiger partial charge in [0.05, 0.1) is 6.26 Å². The van der Waals surface area contributed by atoms with Crippen molar-refractivity contribution in [3.63, 3.8) is 0 Å². The summed E-state index contributed by atoms with van der Waals surface area (Å²) in [6.07, 6.45) is 4.96. The molecule has 0 amide bonds. The van der Waals surface area contributed by atoms with Gasteiger partial charge in [-0.2, -0.15) is 0 Å². The maximum absolute atomic E-state index is 10.2. The van der Waals surface area contributed by atoms with Crippen LogP contribution in [0.2, 0.25) is 0 Å². The molecule has 64 valence electrons. The fourth-order valence-corrected chi connectivity index (χ4v) is 0.947. The Morgan fingerprint density at radius 2 is 2.50 bits per heavy atom. The van der Waals surface area contributed by atoms with Crippen molar-refractivity contribution in [2.45, 2.75) is 13.3 Å². The number of aliphatic carboxylic acids is 1. The molecule has 0 aromatic carbocycles. The minimum atomic E-state index is -0.946. The van der Waals surface area contributed by atoms with Gasteiger partial charge in [-0.25, -0.2) is 4.79 Å². The van der Waals surface area contributed by atoms with E-state index in [4.69, 9.17) is 9.52 Å². The zero-order valence-electron chi connectivity index (χ0n) is 6.78. The van der Waals surface area contributed by atoms with Crippen molar-refractivity contribution in [1.29, 1.82) is 0 Å². The number of aryl methyl sites for hydroxylation is 1. The van der Waals surface area contributed by atoms with Crippen LogP contribution in [-0.2, 0) is 11.2 Å². The van der Waals surface area contributed by atoms with E-state index in [1.165, 1.54) is 6.08 Å². The number of hydrogen-bond donors (Lipinski definition) is 1. The Hall–Kier alpha value is -1.51. The molecule has 1 aromatic heterocycles. The summed E-state index contributed by atoms with van der Waals surface area (Å²) in [6, 6.07) is 1.75. The molecule has 1 heterocycles. The predicted octanol–water partition coefficient (Wildman–Crippen LogP) is 1.94. The van der Waals surface area contributed by atoms with Crippen LogP contribution < -0.4 is 0 Å². The summed E-state index contributed by atoms with van der Waals surface area (Å²) >= 11 is 0. The minimum Gasteiger partial charge on any atom is -0.478 e. The first-order valence-corrected chi connectivity index (χ1v) is 3.71. The van der Waals surface area contributed by atoms with Crippen molar-refractivity contribution in [2.75, 3.05) is 0 Å². The fourth-order valence-electron chi connectivity index (χ4n) is 0.947. The van der Waals surface area contributed by atoms with Crippen LogP contribution in [0.5, 0.6) is 0 Å². The number of carboxylic acids is 1. The van der Waals surface area contributed by atoms with E-state index < -0.39 is 5.97 Å². The summed E-state index contributed by atoms with van der Waals surface area (Å²) < 4.78 is 5.10. The Kier molecular flexibility index (Phi) is 2.69. The number of carboxylic acid groups (broad SMARTS) is 1. The quantitative estimate of drug-likeness (QED) is 0.698. The molecule has 0 unspecified atom stereocenters. The second-order valence-electron chi connectivity index (χ2n) is 2.32. The maximum atomic E-state index is 10.2. The smallest absolute Gasteiger partial charge is 0.328 e. The van der Waals surface area contributed by atoms with Gasteiger partial charge in [0.25, 0.3) is 0 Å². The number of furan rings is 1. The van der Waals surface area contributed by atoms with E-state index in [9.17, 15) is 4.79 Å². The van der Waals surface area contributed by atoms with Gasteiger partial charge >= 0.3 is 5.97 Å². The van der Waals surface area contributed by atoms with Gasteiger partial charge in [0.2, 0.25) is 0 Å². The fraction of sp³-hybridized carbons (Fsp3) is 0.222. The second-order valence-corrected chi connectivity index (χ2v) is 2.32. The van der Waals surface area contributed by atoms with Crippen molar-refractivity contribution in [2.24, 2.45) is 0 Å². The van der Waals surface area contributed by atoms with Crippen molar-refractivity contribution in [3.8, 4) is 0 Å². The van der Waals surface area contributed by atoms with E-state index in [1.54, 1.807) is 12.3 Å². The Morgan fingerprint density at radius 1 is 1.75 bits per heavy atom. The van der Waals surface area contributed by atoms with Gasteiger partial charge in [0.15, 0.2) is 0 Å². The summed E-state index contributed by atoms with van der Waals surface area (Å²) in [5.74, 6) is -0.134. The van der Waals surface area contributed by atoms with Crippen LogP contribution in [0, 0.1) is 0 Å². The molecule has 0 spiro atoms. The van der Waals surface area contributed by atoms with Crippen molar-refractivity contribution in [1.82, 2.24) is 0 Å². The van der Waals surface area contributed by atoms with Gasteiger partial charge in [-0.05, 0) is 12.1 Å². The largest absolute Gasteiger partial charge is 0.478 e. The van der Waals surface area contributed by atoms with Crippen LogP contribution in [0.3, 0.4) is 0 Å². The van der Waals surface area contributed by atoms with Gasteiger partial charge in [0.1, 0.15) is 5.76 Å². The molecule has 1 aromatic rings. The summed E-state index contributed by atoms with van der Waals surface area (Å²) in [5, 5.41) is 8.36. The molecule has 0 atom stereocenters. The Labute approximate surface area is 70.3 Å². The van der Waals surface area contributed by atoms with Crippen LogP contribution in [0.1, 0.15) is 18.2 Å². The topological polar surface area (TPSA) is 50.4 Å². The van der Waals surface area contributed by atoms with Crippen LogP contribution in [0.4, 0.5) is 0 Å². The van der Waals surface area contributed by atoms with Crippen molar-refractivity contribution in [3.05, 3.63) is 29.7 Å². The summed E-state index contributed by atoms with van der Waals surface area (Å²) in [5.41, 5.74) is 0.833. The van der Waals surface area contributed by atoms with E-state index in [2.05, 4.69) is 0 Å². The highest BCUT2D eigenvalue weighted by Crippen LogP contribution is 2.12.